The monoisotopic (exact) mass is 413 g/mol. The number of para-hydroxylation sites is 1. The van der Waals surface area contributed by atoms with E-state index in [1.807, 2.05) is 31.2 Å². The molecule has 0 saturated carbocycles. The van der Waals surface area contributed by atoms with Crippen LogP contribution in [0.2, 0.25) is 0 Å². The van der Waals surface area contributed by atoms with Crippen LogP contribution in [-0.2, 0) is 11.2 Å². The first kappa shape index (κ1) is 18.8. The minimum atomic E-state index is -0.345. The Morgan fingerprint density at radius 1 is 1.21 bits per heavy atom. The van der Waals surface area contributed by atoms with Gasteiger partial charge in [-0.25, -0.2) is 4.98 Å². The predicted octanol–water partition coefficient (Wildman–Crippen LogP) is 3.82. The van der Waals surface area contributed by atoms with Crippen molar-refractivity contribution in [3.63, 3.8) is 0 Å². The van der Waals surface area contributed by atoms with Gasteiger partial charge < -0.3 is 4.98 Å². The summed E-state index contributed by atoms with van der Waals surface area (Å²) in [5.74, 6) is -0.132. The van der Waals surface area contributed by atoms with Crippen LogP contribution in [0.4, 0.5) is 5.13 Å². The Hall–Kier alpha value is -2.59. The van der Waals surface area contributed by atoms with Gasteiger partial charge in [0.2, 0.25) is 16.2 Å². The topological polar surface area (TPSA) is 109 Å². The zero-order valence-electron chi connectivity index (χ0n) is 15.5. The van der Waals surface area contributed by atoms with Gasteiger partial charge in [-0.2, -0.15) is 0 Å². The number of aryl methyl sites for hydroxylation is 1. The molecule has 0 aliphatic rings. The van der Waals surface area contributed by atoms with Gasteiger partial charge in [0, 0.05) is 17.3 Å². The van der Waals surface area contributed by atoms with Gasteiger partial charge in [0.1, 0.15) is 10.5 Å². The lowest BCUT2D eigenvalue weighted by Gasteiger charge is -2.11. The predicted molar refractivity (Wildman–Crippen MR) is 112 cm³/mol. The molecule has 0 radical (unpaired) electrons. The number of hydrogen-bond acceptors (Lipinski definition) is 8. The molecule has 3 aromatic heterocycles. The first-order valence-electron chi connectivity index (χ1n) is 9.09. The van der Waals surface area contributed by atoms with E-state index >= 15 is 0 Å². The molecule has 4 aromatic rings. The number of rotatable bonds is 7. The Bertz CT molecular complexity index is 1120. The maximum absolute atomic E-state index is 12.6. The van der Waals surface area contributed by atoms with E-state index in [9.17, 15) is 4.79 Å². The Morgan fingerprint density at radius 2 is 2.07 bits per heavy atom. The highest BCUT2D eigenvalue weighted by molar-refractivity contribution is 8.00. The van der Waals surface area contributed by atoms with E-state index in [0.29, 0.717) is 22.4 Å². The molecule has 144 valence electrons. The molecular weight excluding hydrogens is 394 g/mol. The van der Waals surface area contributed by atoms with Crippen LogP contribution >= 0.6 is 23.1 Å². The molecule has 0 spiro atoms. The third-order valence-corrected chi connectivity index (χ3v) is 6.29. The van der Waals surface area contributed by atoms with E-state index in [4.69, 9.17) is 0 Å². The van der Waals surface area contributed by atoms with E-state index in [0.717, 1.165) is 34.3 Å². The molecule has 4 rings (SSSR count). The lowest BCUT2D eigenvalue weighted by molar-refractivity contribution is -0.115. The maximum Gasteiger partial charge on any atom is 0.239 e. The van der Waals surface area contributed by atoms with Gasteiger partial charge in [0.15, 0.2) is 5.65 Å². The summed E-state index contributed by atoms with van der Waals surface area (Å²) in [4.78, 5) is 20.4. The third kappa shape index (κ3) is 3.83. The average Bonchev–Trinajstić information content (AvgIpc) is 3.29. The molecule has 0 unspecified atom stereocenters. The Morgan fingerprint density at radius 3 is 2.89 bits per heavy atom. The van der Waals surface area contributed by atoms with Gasteiger partial charge in [-0.1, -0.05) is 55.1 Å². The highest BCUT2D eigenvalue weighted by Gasteiger charge is 2.22. The smallest absolute Gasteiger partial charge is 0.239 e. The van der Waals surface area contributed by atoms with Gasteiger partial charge in [-0.3, -0.25) is 10.1 Å². The van der Waals surface area contributed by atoms with Crippen molar-refractivity contribution in [1.29, 1.82) is 0 Å². The molecule has 0 fully saturated rings. The van der Waals surface area contributed by atoms with Gasteiger partial charge in [-0.05, 0) is 18.9 Å². The fourth-order valence-corrected chi connectivity index (χ4v) is 4.47. The number of carbonyl (C=O) groups is 1. The largest absolute Gasteiger partial charge is 0.338 e. The van der Waals surface area contributed by atoms with Gasteiger partial charge in [0.25, 0.3) is 0 Å². The van der Waals surface area contributed by atoms with Crippen molar-refractivity contribution < 1.29 is 4.79 Å². The number of hydrogen-bond donors (Lipinski definition) is 2. The minimum Gasteiger partial charge on any atom is -0.338 e. The first-order valence-corrected chi connectivity index (χ1v) is 10.8. The number of amides is 1. The third-order valence-electron chi connectivity index (χ3n) is 4.17. The van der Waals surface area contributed by atoms with E-state index in [1.54, 1.807) is 0 Å². The van der Waals surface area contributed by atoms with E-state index < -0.39 is 0 Å². The molecule has 1 amide bonds. The summed E-state index contributed by atoms with van der Waals surface area (Å²) in [7, 11) is 0. The second-order valence-corrected chi connectivity index (χ2v) is 8.45. The van der Waals surface area contributed by atoms with E-state index in [-0.39, 0.29) is 11.2 Å². The number of H-pyrrole nitrogens is 1. The molecule has 1 atom stereocenters. The average molecular weight is 414 g/mol. The van der Waals surface area contributed by atoms with Crippen LogP contribution in [-0.4, -0.2) is 41.5 Å². The van der Waals surface area contributed by atoms with Crippen molar-refractivity contribution in [2.24, 2.45) is 0 Å². The van der Waals surface area contributed by atoms with Crippen molar-refractivity contribution in [3.8, 4) is 0 Å². The quantitative estimate of drug-likeness (QED) is 0.443. The molecule has 28 heavy (non-hydrogen) atoms. The molecule has 0 saturated heterocycles. The summed E-state index contributed by atoms with van der Waals surface area (Å²) in [6.07, 6.45) is 2.49. The Kier molecular flexibility index (Phi) is 5.49. The number of benzene rings is 1. The van der Waals surface area contributed by atoms with Gasteiger partial charge in [0.05, 0.1) is 5.25 Å². The van der Waals surface area contributed by atoms with Gasteiger partial charge >= 0.3 is 0 Å². The molecule has 2 N–H and O–H groups in total. The standard InChI is InChI=1S/C18H19N7OS2/c1-3-7-13-22-24-18(28-13)21-16(26)12(4-2)27-17-20-15-14(23-25-17)10-8-5-6-9-11(10)19-15/h5-6,8-9,12H,3-4,7H2,1-2H3,(H,19,20,25)(H,21,24,26)/t12-/m1/s1. The zero-order valence-corrected chi connectivity index (χ0v) is 17.1. The number of anilines is 1. The summed E-state index contributed by atoms with van der Waals surface area (Å²) in [6, 6.07) is 7.87. The number of aromatic amines is 1. The molecule has 10 heteroatoms. The maximum atomic E-state index is 12.6. The molecular formula is C18H19N7OS2. The normalized spacial score (nSPS) is 12.5. The van der Waals surface area contributed by atoms with Crippen LogP contribution in [0.1, 0.15) is 31.7 Å². The number of nitrogens with one attached hydrogen (secondary N) is 2. The lowest BCUT2D eigenvalue weighted by Crippen LogP contribution is -2.24. The fraction of sp³-hybridized carbons (Fsp3) is 0.333. The van der Waals surface area contributed by atoms with Crippen molar-refractivity contribution in [2.75, 3.05) is 5.32 Å². The van der Waals surface area contributed by atoms with Crippen molar-refractivity contribution in [3.05, 3.63) is 29.3 Å². The minimum absolute atomic E-state index is 0.132. The van der Waals surface area contributed by atoms with Crippen LogP contribution < -0.4 is 5.32 Å². The molecule has 0 aliphatic carbocycles. The highest BCUT2D eigenvalue weighted by Crippen LogP contribution is 2.27. The number of nitrogens with zero attached hydrogens (tertiary/aromatic N) is 5. The van der Waals surface area contributed by atoms with E-state index in [2.05, 4.69) is 42.6 Å². The molecule has 8 nitrogen and oxygen atoms in total. The highest BCUT2D eigenvalue weighted by atomic mass is 32.2. The number of carbonyl (C=O) groups excluding carboxylic acids is 1. The van der Waals surface area contributed by atoms with Crippen molar-refractivity contribution in [1.82, 2.24) is 30.4 Å². The second-order valence-electron chi connectivity index (χ2n) is 6.22. The lowest BCUT2D eigenvalue weighted by atomic mass is 10.2. The number of thioether (sulfide) groups is 1. The number of aromatic nitrogens is 6. The summed E-state index contributed by atoms with van der Waals surface area (Å²) >= 11 is 2.71. The Labute approximate surface area is 169 Å². The molecule has 3 heterocycles. The van der Waals surface area contributed by atoms with E-state index in [1.165, 1.54) is 23.1 Å². The SMILES string of the molecule is CCCc1nnc(NC(=O)[C@@H](CC)Sc2nnc3c(n2)[nH]c2ccccc23)s1. The summed E-state index contributed by atoms with van der Waals surface area (Å²) in [5.41, 5.74) is 2.36. The van der Waals surface area contributed by atoms with Crippen molar-refractivity contribution >= 4 is 56.2 Å². The fourth-order valence-electron chi connectivity index (χ4n) is 2.81. The van der Waals surface area contributed by atoms with Crippen LogP contribution in [0.3, 0.4) is 0 Å². The van der Waals surface area contributed by atoms with Crippen LogP contribution in [0.15, 0.2) is 29.4 Å². The van der Waals surface area contributed by atoms with Crippen LogP contribution in [0.25, 0.3) is 22.1 Å². The Balaban J connectivity index is 1.50. The zero-order chi connectivity index (χ0) is 19.5. The molecule has 0 aliphatic heterocycles. The first-order chi connectivity index (χ1) is 13.7. The second kappa shape index (κ2) is 8.19. The summed E-state index contributed by atoms with van der Waals surface area (Å²) < 4.78 is 0. The van der Waals surface area contributed by atoms with Gasteiger partial charge in [-0.15, -0.1) is 20.4 Å². The molecule has 0 bridgehead atoms. The summed E-state index contributed by atoms with van der Waals surface area (Å²) in [5, 5.41) is 22.1. The van der Waals surface area contributed by atoms with Crippen LogP contribution in [0, 0.1) is 0 Å². The number of fused-ring (bicyclic) bond motifs is 3. The van der Waals surface area contributed by atoms with Crippen LogP contribution in [0.5, 0.6) is 0 Å². The summed E-state index contributed by atoms with van der Waals surface area (Å²) in [6.45, 7) is 4.04. The molecule has 1 aromatic carbocycles. The van der Waals surface area contributed by atoms with Crippen molar-refractivity contribution in [2.45, 2.75) is 43.5 Å².